The number of aromatic nitrogens is 1. The predicted molar refractivity (Wildman–Crippen MR) is 75.3 cm³/mol. The van der Waals surface area contributed by atoms with Crippen LogP contribution in [0.15, 0.2) is 17.2 Å². The lowest BCUT2D eigenvalue weighted by atomic mass is 10.1. The zero-order chi connectivity index (χ0) is 14.6. The molecule has 1 N–H and O–H groups in total. The maximum Gasteiger partial charge on any atom is 0.244 e. The van der Waals surface area contributed by atoms with Gasteiger partial charge in [0.15, 0.2) is 0 Å². The number of sulfonamides is 1. The molecule has 0 amide bonds. The van der Waals surface area contributed by atoms with Crippen molar-refractivity contribution < 1.29 is 13.5 Å². The third-order valence-electron chi connectivity index (χ3n) is 3.19. The van der Waals surface area contributed by atoms with E-state index in [-0.39, 0.29) is 11.5 Å². The van der Waals surface area contributed by atoms with E-state index in [1.54, 1.807) is 23.9 Å². The number of hydrogen-bond donors (Lipinski definition) is 1. The van der Waals surface area contributed by atoms with E-state index >= 15 is 0 Å². The number of aliphatic hydroxyl groups excluding tert-OH is 1. The van der Waals surface area contributed by atoms with Gasteiger partial charge in [-0.05, 0) is 25.3 Å². The molecule has 19 heavy (non-hydrogen) atoms. The zero-order valence-electron chi connectivity index (χ0n) is 12.1. The summed E-state index contributed by atoms with van der Waals surface area (Å²) in [6.07, 6.45) is 2.42. The molecule has 6 heteroatoms. The van der Waals surface area contributed by atoms with Crippen LogP contribution in [0.1, 0.15) is 32.9 Å². The lowest BCUT2D eigenvalue weighted by molar-refractivity contribution is 0.271. The van der Waals surface area contributed by atoms with E-state index in [9.17, 15) is 13.5 Å². The van der Waals surface area contributed by atoms with Gasteiger partial charge in [-0.25, -0.2) is 12.7 Å². The quantitative estimate of drug-likeness (QED) is 0.830. The van der Waals surface area contributed by atoms with E-state index < -0.39 is 10.0 Å². The Labute approximate surface area is 115 Å². The van der Waals surface area contributed by atoms with Gasteiger partial charge in [-0.3, -0.25) is 0 Å². The summed E-state index contributed by atoms with van der Waals surface area (Å²) in [5.41, 5.74) is 0.623. The van der Waals surface area contributed by atoms with Gasteiger partial charge in [-0.15, -0.1) is 0 Å². The highest BCUT2D eigenvalue weighted by Crippen LogP contribution is 2.19. The number of rotatable bonds is 7. The molecule has 0 fully saturated rings. The van der Waals surface area contributed by atoms with Gasteiger partial charge in [-0.1, -0.05) is 13.8 Å². The van der Waals surface area contributed by atoms with Crippen molar-refractivity contribution in [3.8, 4) is 0 Å². The van der Waals surface area contributed by atoms with Crippen LogP contribution in [0.4, 0.5) is 0 Å². The Balaban J connectivity index is 2.96. The summed E-state index contributed by atoms with van der Waals surface area (Å²) >= 11 is 0. The molecule has 5 nitrogen and oxygen atoms in total. The monoisotopic (exact) mass is 288 g/mol. The molecule has 0 aliphatic heterocycles. The summed E-state index contributed by atoms with van der Waals surface area (Å²) in [7, 11) is -1.86. The standard InChI is InChI=1S/C13H24N2O3S/c1-5-15-9-13(8-12(15)10-16)19(17,18)14(4)7-6-11(2)3/h8-9,11,16H,5-7,10H2,1-4H3. The molecule has 0 unspecified atom stereocenters. The molecule has 1 rings (SSSR count). The van der Waals surface area contributed by atoms with Gasteiger partial charge in [0.1, 0.15) is 4.90 Å². The minimum Gasteiger partial charge on any atom is -0.390 e. The fraction of sp³-hybridized carbons (Fsp3) is 0.692. The number of aliphatic hydroxyl groups is 1. The molecule has 0 saturated heterocycles. The number of aryl methyl sites for hydroxylation is 1. The molecule has 0 radical (unpaired) electrons. The number of hydrogen-bond acceptors (Lipinski definition) is 3. The molecule has 1 heterocycles. The first-order chi connectivity index (χ1) is 8.82. The van der Waals surface area contributed by atoms with Crippen LogP contribution in [0.3, 0.4) is 0 Å². The Kier molecular flexibility index (Phi) is 5.58. The summed E-state index contributed by atoms with van der Waals surface area (Å²) in [6, 6.07) is 1.55. The van der Waals surface area contributed by atoms with Gasteiger partial charge in [0, 0.05) is 32.0 Å². The molecule has 0 aliphatic rings. The van der Waals surface area contributed by atoms with Crippen LogP contribution in [0.25, 0.3) is 0 Å². The van der Waals surface area contributed by atoms with Gasteiger partial charge >= 0.3 is 0 Å². The highest BCUT2D eigenvalue weighted by Gasteiger charge is 2.23. The average molecular weight is 288 g/mol. The van der Waals surface area contributed by atoms with E-state index in [4.69, 9.17) is 0 Å². The molecular weight excluding hydrogens is 264 g/mol. The van der Waals surface area contributed by atoms with E-state index in [0.717, 1.165) is 6.42 Å². The zero-order valence-corrected chi connectivity index (χ0v) is 12.9. The van der Waals surface area contributed by atoms with Crippen LogP contribution < -0.4 is 0 Å². The van der Waals surface area contributed by atoms with Crippen LogP contribution >= 0.6 is 0 Å². The Morgan fingerprint density at radius 1 is 1.42 bits per heavy atom. The normalized spacial score (nSPS) is 12.6. The third-order valence-corrected chi connectivity index (χ3v) is 5.02. The van der Waals surface area contributed by atoms with Crippen molar-refractivity contribution in [2.45, 2.75) is 45.2 Å². The van der Waals surface area contributed by atoms with Crippen molar-refractivity contribution in [2.24, 2.45) is 5.92 Å². The summed E-state index contributed by atoms with van der Waals surface area (Å²) < 4.78 is 27.9. The predicted octanol–water partition coefficient (Wildman–Crippen LogP) is 1.67. The van der Waals surface area contributed by atoms with Gasteiger partial charge in [0.25, 0.3) is 0 Å². The first kappa shape index (κ1) is 16.2. The molecule has 1 aromatic heterocycles. The Morgan fingerprint density at radius 2 is 2.05 bits per heavy atom. The molecule has 0 aliphatic carbocycles. The van der Waals surface area contributed by atoms with Crippen molar-refractivity contribution in [1.29, 1.82) is 0 Å². The SMILES string of the molecule is CCn1cc(S(=O)(=O)N(C)CCC(C)C)cc1CO. The maximum atomic E-state index is 12.4. The smallest absolute Gasteiger partial charge is 0.244 e. The van der Waals surface area contributed by atoms with Crippen molar-refractivity contribution in [2.75, 3.05) is 13.6 Å². The van der Waals surface area contributed by atoms with Crippen molar-refractivity contribution in [1.82, 2.24) is 8.87 Å². The van der Waals surface area contributed by atoms with E-state index in [2.05, 4.69) is 13.8 Å². The molecule has 0 aromatic carbocycles. The van der Waals surface area contributed by atoms with E-state index in [1.165, 1.54) is 4.31 Å². The molecular formula is C13H24N2O3S. The number of nitrogens with zero attached hydrogens (tertiary/aromatic N) is 2. The topological polar surface area (TPSA) is 62.5 Å². The summed E-state index contributed by atoms with van der Waals surface area (Å²) in [4.78, 5) is 0.254. The second-order valence-corrected chi connectivity index (χ2v) is 7.17. The summed E-state index contributed by atoms with van der Waals surface area (Å²) in [5.74, 6) is 0.464. The van der Waals surface area contributed by atoms with Crippen LogP contribution in [0.2, 0.25) is 0 Å². The lowest BCUT2D eigenvalue weighted by Gasteiger charge is -2.17. The van der Waals surface area contributed by atoms with Crippen LogP contribution in [-0.2, 0) is 23.2 Å². The molecule has 0 bridgehead atoms. The lowest BCUT2D eigenvalue weighted by Crippen LogP contribution is -2.28. The van der Waals surface area contributed by atoms with Crippen molar-refractivity contribution >= 4 is 10.0 Å². The first-order valence-electron chi connectivity index (χ1n) is 6.59. The molecule has 1 aromatic rings. The van der Waals surface area contributed by atoms with Crippen molar-refractivity contribution in [3.05, 3.63) is 18.0 Å². The highest BCUT2D eigenvalue weighted by molar-refractivity contribution is 7.89. The Bertz CT molecular complexity index is 484. The van der Waals surface area contributed by atoms with Gasteiger partial charge < -0.3 is 9.67 Å². The van der Waals surface area contributed by atoms with E-state index in [1.807, 2.05) is 6.92 Å². The van der Waals surface area contributed by atoms with Crippen LogP contribution in [0.5, 0.6) is 0 Å². The molecule has 0 saturated carbocycles. The van der Waals surface area contributed by atoms with Gasteiger partial charge in [-0.2, -0.15) is 0 Å². The second-order valence-electron chi connectivity index (χ2n) is 5.12. The van der Waals surface area contributed by atoms with Crippen LogP contribution in [-0.4, -0.2) is 36.0 Å². The minimum atomic E-state index is -3.46. The van der Waals surface area contributed by atoms with Gasteiger partial charge in [0.2, 0.25) is 10.0 Å². The third kappa shape index (κ3) is 3.81. The fourth-order valence-electron chi connectivity index (χ4n) is 1.83. The van der Waals surface area contributed by atoms with Gasteiger partial charge in [0.05, 0.1) is 6.61 Å². The van der Waals surface area contributed by atoms with Crippen LogP contribution in [0, 0.1) is 5.92 Å². The Hall–Kier alpha value is -0.850. The molecule has 110 valence electrons. The summed E-state index contributed by atoms with van der Waals surface area (Å²) in [5, 5.41) is 9.21. The first-order valence-corrected chi connectivity index (χ1v) is 8.03. The van der Waals surface area contributed by atoms with E-state index in [0.29, 0.717) is 24.7 Å². The fourth-order valence-corrected chi connectivity index (χ4v) is 3.08. The highest BCUT2D eigenvalue weighted by atomic mass is 32.2. The van der Waals surface area contributed by atoms with Crippen molar-refractivity contribution in [3.63, 3.8) is 0 Å². The second kappa shape index (κ2) is 6.54. The Morgan fingerprint density at radius 3 is 2.47 bits per heavy atom. The molecule has 0 atom stereocenters. The summed E-state index contributed by atoms with van der Waals surface area (Å²) in [6.45, 7) is 7.04. The maximum absolute atomic E-state index is 12.4. The largest absolute Gasteiger partial charge is 0.390 e. The minimum absolute atomic E-state index is 0.154. The molecule has 0 spiro atoms. The average Bonchev–Trinajstić information content (AvgIpc) is 2.79.